The number of esters is 1. The lowest BCUT2D eigenvalue weighted by molar-refractivity contribution is -0.386. The van der Waals surface area contributed by atoms with Crippen LogP contribution in [0.25, 0.3) is 11.0 Å². The van der Waals surface area contributed by atoms with E-state index in [0.717, 1.165) is 25.3 Å². The second-order valence-electron chi connectivity index (χ2n) is 5.81. The molecule has 0 aliphatic carbocycles. The molecule has 1 aromatic heterocycles. The smallest absolute Gasteiger partial charge is 0.387 e. The van der Waals surface area contributed by atoms with Crippen LogP contribution in [0.4, 0.5) is 14.5 Å². The molecular weight excluding hydrogens is 408 g/mol. The lowest BCUT2D eigenvalue weighted by atomic mass is 10.1. The van der Waals surface area contributed by atoms with E-state index >= 15 is 0 Å². The van der Waals surface area contributed by atoms with Gasteiger partial charge < -0.3 is 18.6 Å². The van der Waals surface area contributed by atoms with Crippen molar-refractivity contribution in [1.82, 2.24) is 0 Å². The predicted molar refractivity (Wildman–Crippen MR) is 97.9 cm³/mol. The minimum Gasteiger partial charge on any atom is -0.493 e. The molecule has 0 aliphatic rings. The maximum absolute atomic E-state index is 12.5. The number of rotatable bonds is 7. The minimum atomic E-state index is -3.22. The number of ether oxygens (including phenoxy) is 3. The van der Waals surface area contributed by atoms with E-state index < -0.39 is 46.7 Å². The van der Waals surface area contributed by atoms with Gasteiger partial charge in [0.15, 0.2) is 16.9 Å². The van der Waals surface area contributed by atoms with Gasteiger partial charge in [0.1, 0.15) is 12.2 Å². The standard InChI is InChI=1S/C19H13F2NO8/c1-27-15-6-10(12(22(25)26)7-16(15)30-19(20)21)9-28-18(24)17-8-13(23)11-4-2-3-5-14(11)29-17/h2-8,19H,9H2,1H3. The lowest BCUT2D eigenvalue weighted by Crippen LogP contribution is -2.11. The second kappa shape index (κ2) is 8.55. The summed E-state index contributed by atoms with van der Waals surface area (Å²) in [6, 6.07) is 8.98. The van der Waals surface area contributed by atoms with Gasteiger partial charge in [0.05, 0.1) is 29.0 Å². The fourth-order valence-electron chi connectivity index (χ4n) is 2.64. The Labute approximate surface area is 166 Å². The third kappa shape index (κ3) is 4.35. The summed E-state index contributed by atoms with van der Waals surface area (Å²) >= 11 is 0. The third-order valence-corrected chi connectivity index (χ3v) is 3.97. The van der Waals surface area contributed by atoms with Gasteiger partial charge >= 0.3 is 12.6 Å². The molecule has 0 amide bonds. The molecular formula is C19H13F2NO8. The number of para-hydroxylation sites is 1. The normalized spacial score (nSPS) is 10.8. The first kappa shape index (κ1) is 20.7. The highest BCUT2D eigenvalue weighted by atomic mass is 19.3. The summed E-state index contributed by atoms with van der Waals surface area (Å²) < 4.78 is 44.5. The second-order valence-corrected chi connectivity index (χ2v) is 5.81. The number of methoxy groups -OCH3 is 1. The van der Waals surface area contributed by atoms with Gasteiger partial charge in [-0.15, -0.1) is 0 Å². The van der Waals surface area contributed by atoms with Gasteiger partial charge in [0.25, 0.3) is 5.69 Å². The number of fused-ring (bicyclic) bond motifs is 1. The summed E-state index contributed by atoms with van der Waals surface area (Å²) in [7, 11) is 1.15. The van der Waals surface area contributed by atoms with E-state index in [-0.39, 0.29) is 22.3 Å². The average Bonchev–Trinajstić information content (AvgIpc) is 2.71. The molecule has 0 unspecified atom stereocenters. The molecule has 3 aromatic rings. The van der Waals surface area contributed by atoms with Gasteiger partial charge in [-0.3, -0.25) is 14.9 Å². The number of carbonyl (C=O) groups is 1. The molecule has 0 radical (unpaired) electrons. The van der Waals surface area contributed by atoms with Gasteiger partial charge in [-0.1, -0.05) is 12.1 Å². The van der Waals surface area contributed by atoms with Crippen molar-refractivity contribution in [3.8, 4) is 11.5 Å². The number of halogens is 2. The van der Waals surface area contributed by atoms with Crippen LogP contribution in [0.15, 0.2) is 51.7 Å². The van der Waals surface area contributed by atoms with Crippen LogP contribution in [0.1, 0.15) is 16.1 Å². The van der Waals surface area contributed by atoms with E-state index in [0.29, 0.717) is 0 Å². The van der Waals surface area contributed by atoms with Gasteiger partial charge in [-0.25, -0.2) is 4.79 Å². The SMILES string of the molecule is COc1cc(COC(=O)c2cc(=O)c3ccccc3o2)c([N+](=O)[O-])cc1OC(F)F. The summed E-state index contributed by atoms with van der Waals surface area (Å²) in [5.74, 6) is -2.20. The van der Waals surface area contributed by atoms with Crippen molar-refractivity contribution in [2.45, 2.75) is 13.2 Å². The summed E-state index contributed by atoms with van der Waals surface area (Å²) in [5, 5.41) is 11.6. The van der Waals surface area contributed by atoms with Crippen LogP contribution in [0.3, 0.4) is 0 Å². The molecule has 2 aromatic carbocycles. The molecule has 0 N–H and O–H groups in total. The highest BCUT2D eigenvalue weighted by molar-refractivity contribution is 5.88. The zero-order valence-electron chi connectivity index (χ0n) is 15.3. The van der Waals surface area contributed by atoms with E-state index in [1.807, 2.05) is 0 Å². The van der Waals surface area contributed by atoms with E-state index in [1.165, 1.54) is 12.1 Å². The molecule has 30 heavy (non-hydrogen) atoms. The molecule has 0 saturated heterocycles. The Kier molecular flexibility index (Phi) is 5.90. The molecule has 0 spiro atoms. The van der Waals surface area contributed by atoms with Gasteiger partial charge in [-0.2, -0.15) is 8.78 Å². The number of benzene rings is 2. The molecule has 0 aliphatic heterocycles. The molecule has 0 saturated carbocycles. The quantitative estimate of drug-likeness (QED) is 0.322. The molecule has 0 bridgehead atoms. The Hall–Kier alpha value is -4.02. The highest BCUT2D eigenvalue weighted by Crippen LogP contribution is 2.36. The number of hydrogen-bond acceptors (Lipinski definition) is 8. The Morgan fingerprint density at radius 3 is 2.60 bits per heavy atom. The average molecular weight is 421 g/mol. The maximum atomic E-state index is 12.5. The van der Waals surface area contributed by atoms with Crippen molar-refractivity contribution >= 4 is 22.6 Å². The van der Waals surface area contributed by atoms with Crippen molar-refractivity contribution in [2.75, 3.05) is 7.11 Å². The Morgan fingerprint density at radius 1 is 1.20 bits per heavy atom. The lowest BCUT2D eigenvalue weighted by Gasteiger charge is -2.12. The van der Waals surface area contributed by atoms with Crippen molar-refractivity contribution in [3.63, 3.8) is 0 Å². The first-order chi connectivity index (χ1) is 14.3. The minimum absolute atomic E-state index is 0.144. The van der Waals surface area contributed by atoms with Crippen LogP contribution < -0.4 is 14.9 Å². The largest absolute Gasteiger partial charge is 0.493 e. The van der Waals surface area contributed by atoms with E-state index in [1.54, 1.807) is 12.1 Å². The fourth-order valence-corrected chi connectivity index (χ4v) is 2.64. The zero-order valence-corrected chi connectivity index (χ0v) is 15.3. The monoisotopic (exact) mass is 421 g/mol. The molecule has 156 valence electrons. The number of hydrogen-bond donors (Lipinski definition) is 0. The number of nitrogens with zero attached hydrogens (tertiary/aromatic N) is 1. The van der Waals surface area contributed by atoms with Crippen LogP contribution in [-0.4, -0.2) is 24.6 Å². The van der Waals surface area contributed by atoms with Crippen molar-refractivity contribution in [3.05, 3.63) is 74.1 Å². The van der Waals surface area contributed by atoms with E-state index in [2.05, 4.69) is 4.74 Å². The van der Waals surface area contributed by atoms with Gasteiger partial charge in [-0.05, 0) is 18.2 Å². The summed E-state index contributed by atoms with van der Waals surface area (Å²) in [6.07, 6.45) is 0. The number of carbonyl (C=O) groups excluding carboxylic acids is 1. The van der Waals surface area contributed by atoms with Crippen LogP contribution >= 0.6 is 0 Å². The first-order valence-corrected chi connectivity index (χ1v) is 8.30. The summed E-state index contributed by atoms with van der Waals surface area (Å²) in [6.45, 7) is -3.84. The van der Waals surface area contributed by atoms with E-state index in [9.17, 15) is 28.5 Å². The first-order valence-electron chi connectivity index (χ1n) is 8.30. The Bertz CT molecular complexity index is 1170. The summed E-state index contributed by atoms with van der Waals surface area (Å²) in [5.41, 5.74) is -1.07. The molecule has 3 rings (SSSR count). The Balaban J connectivity index is 1.88. The molecule has 9 nitrogen and oxygen atoms in total. The van der Waals surface area contributed by atoms with E-state index in [4.69, 9.17) is 13.9 Å². The fraction of sp³-hybridized carbons (Fsp3) is 0.158. The Morgan fingerprint density at radius 2 is 1.93 bits per heavy atom. The molecule has 0 fully saturated rings. The van der Waals surface area contributed by atoms with Crippen molar-refractivity contribution in [2.24, 2.45) is 0 Å². The third-order valence-electron chi connectivity index (χ3n) is 3.97. The van der Waals surface area contributed by atoms with Crippen molar-refractivity contribution in [1.29, 1.82) is 0 Å². The van der Waals surface area contributed by atoms with Crippen molar-refractivity contribution < 1.29 is 37.1 Å². The van der Waals surface area contributed by atoms with Crippen LogP contribution in [0.2, 0.25) is 0 Å². The topological polar surface area (TPSA) is 118 Å². The molecule has 11 heteroatoms. The van der Waals surface area contributed by atoms with Gasteiger partial charge in [0, 0.05) is 6.07 Å². The zero-order chi connectivity index (χ0) is 21.8. The molecule has 1 heterocycles. The summed E-state index contributed by atoms with van der Waals surface area (Å²) in [4.78, 5) is 34.8. The maximum Gasteiger partial charge on any atom is 0.387 e. The molecule has 0 atom stereocenters. The van der Waals surface area contributed by atoms with Gasteiger partial charge in [0.2, 0.25) is 5.76 Å². The number of nitro groups is 1. The van der Waals surface area contributed by atoms with Crippen LogP contribution in [0.5, 0.6) is 11.5 Å². The van der Waals surface area contributed by atoms with Crippen LogP contribution in [-0.2, 0) is 11.3 Å². The number of alkyl halides is 2. The number of nitro benzene ring substituents is 1. The predicted octanol–water partition coefficient (Wildman–Crippen LogP) is 3.67. The van der Waals surface area contributed by atoms with Crippen LogP contribution in [0, 0.1) is 10.1 Å². The highest BCUT2D eigenvalue weighted by Gasteiger charge is 2.23.